The number of hydrogen-bond donors (Lipinski definition) is 0. The van der Waals surface area contributed by atoms with Crippen LogP contribution in [0.3, 0.4) is 0 Å². The zero-order valence-electron chi connectivity index (χ0n) is 20.9. The van der Waals surface area contributed by atoms with Gasteiger partial charge in [0.05, 0.1) is 9.79 Å². The van der Waals surface area contributed by atoms with Crippen molar-refractivity contribution in [3.05, 3.63) is 94.5 Å². The van der Waals surface area contributed by atoms with Crippen LogP contribution < -0.4 is 0 Å². The van der Waals surface area contributed by atoms with Crippen LogP contribution in [-0.4, -0.2) is 50.6 Å². The molecular formula is C28H31ClN2O4S2. The molecule has 2 saturated heterocycles. The summed E-state index contributed by atoms with van der Waals surface area (Å²) in [7, 11) is -7.46. The Kier molecular flexibility index (Phi) is 7.24. The minimum atomic E-state index is -3.77. The first kappa shape index (κ1) is 26.4. The van der Waals surface area contributed by atoms with Gasteiger partial charge in [-0.1, -0.05) is 59.1 Å². The van der Waals surface area contributed by atoms with Crippen molar-refractivity contribution in [3.8, 4) is 0 Å². The summed E-state index contributed by atoms with van der Waals surface area (Å²) in [5.74, 6) is -0.120. The highest BCUT2D eigenvalue weighted by Gasteiger charge is 2.51. The molecule has 0 radical (unpaired) electrons. The lowest BCUT2D eigenvalue weighted by atomic mass is 9.83. The number of sulfonamides is 2. The van der Waals surface area contributed by atoms with Crippen LogP contribution >= 0.6 is 11.6 Å². The number of benzene rings is 3. The second kappa shape index (κ2) is 10.2. The molecule has 2 aliphatic rings. The Balaban J connectivity index is 1.50. The monoisotopic (exact) mass is 558 g/mol. The number of halogens is 1. The van der Waals surface area contributed by atoms with Crippen molar-refractivity contribution in [3.63, 3.8) is 0 Å². The van der Waals surface area contributed by atoms with E-state index in [-0.39, 0.29) is 34.3 Å². The first-order valence-corrected chi connectivity index (χ1v) is 15.7. The number of fused-ring (bicyclic) bond motifs is 1. The molecule has 196 valence electrons. The number of rotatable bonds is 6. The van der Waals surface area contributed by atoms with Crippen molar-refractivity contribution in [2.24, 2.45) is 5.92 Å². The SMILES string of the molecule is Cc1ccc(S(=O)(=O)N2CC[C@H]3[C@@H](CCN3S(=O)(=O)c3ccc(C)cc3)[C@H]2Cc2ccc(Cl)cc2)cc1. The van der Waals surface area contributed by atoms with E-state index >= 15 is 0 Å². The molecule has 0 amide bonds. The second-order valence-electron chi connectivity index (χ2n) is 10.1. The first-order chi connectivity index (χ1) is 17.6. The van der Waals surface area contributed by atoms with Gasteiger partial charge in [-0.15, -0.1) is 0 Å². The van der Waals surface area contributed by atoms with E-state index in [0.29, 0.717) is 30.8 Å². The van der Waals surface area contributed by atoms with Crippen LogP contribution in [0.5, 0.6) is 0 Å². The van der Waals surface area contributed by atoms with Gasteiger partial charge in [0.1, 0.15) is 0 Å². The minimum absolute atomic E-state index is 0.120. The molecule has 3 atom stereocenters. The molecule has 0 bridgehead atoms. The smallest absolute Gasteiger partial charge is 0.207 e. The van der Waals surface area contributed by atoms with E-state index in [4.69, 9.17) is 11.6 Å². The molecule has 0 aromatic heterocycles. The summed E-state index contributed by atoms with van der Waals surface area (Å²) in [5, 5.41) is 0.616. The molecule has 0 unspecified atom stereocenters. The van der Waals surface area contributed by atoms with Crippen LogP contribution in [0.1, 0.15) is 29.5 Å². The molecule has 9 heteroatoms. The first-order valence-electron chi connectivity index (χ1n) is 12.5. The Labute approximate surface area is 225 Å². The molecule has 3 aromatic rings. The minimum Gasteiger partial charge on any atom is -0.207 e. The van der Waals surface area contributed by atoms with E-state index in [1.165, 1.54) is 0 Å². The van der Waals surface area contributed by atoms with E-state index in [2.05, 4.69) is 0 Å². The highest BCUT2D eigenvalue weighted by atomic mass is 35.5. The summed E-state index contributed by atoms with van der Waals surface area (Å²) in [4.78, 5) is 0.544. The van der Waals surface area contributed by atoms with Crippen molar-refractivity contribution >= 4 is 31.6 Å². The molecule has 0 saturated carbocycles. The highest BCUT2D eigenvalue weighted by Crippen LogP contribution is 2.42. The van der Waals surface area contributed by atoms with Gasteiger partial charge in [-0.3, -0.25) is 0 Å². The number of hydrogen-bond acceptors (Lipinski definition) is 4. The normalized spacial score (nSPS) is 23.2. The van der Waals surface area contributed by atoms with Crippen LogP contribution in [0.15, 0.2) is 82.6 Å². The van der Waals surface area contributed by atoms with Crippen molar-refractivity contribution in [2.75, 3.05) is 13.1 Å². The van der Waals surface area contributed by atoms with Crippen molar-refractivity contribution < 1.29 is 16.8 Å². The molecule has 2 aliphatic heterocycles. The third kappa shape index (κ3) is 5.10. The molecule has 37 heavy (non-hydrogen) atoms. The summed E-state index contributed by atoms with van der Waals surface area (Å²) in [6, 6.07) is 20.6. The Morgan fingerprint density at radius 1 is 0.703 bits per heavy atom. The van der Waals surface area contributed by atoms with Gasteiger partial charge >= 0.3 is 0 Å². The molecule has 5 rings (SSSR count). The average molecular weight is 559 g/mol. The molecule has 2 fully saturated rings. The Morgan fingerprint density at radius 2 is 1.19 bits per heavy atom. The third-order valence-electron chi connectivity index (χ3n) is 7.67. The van der Waals surface area contributed by atoms with Gasteiger partial charge < -0.3 is 0 Å². The van der Waals surface area contributed by atoms with Gasteiger partial charge in [-0.25, -0.2) is 16.8 Å². The summed E-state index contributed by atoms with van der Waals surface area (Å²) < 4.78 is 58.1. The molecular weight excluding hydrogens is 528 g/mol. The number of nitrogens with zero attached hydrogens (tertiary/aromatic N) is 2. The molecule has 3 aromatic carbocycles. The zero-order valence-corrected chi connectivity index (χ0v) is 23.3. The van der Waals surface area contributed by atoms with Crippen LogP contribution in [0, 0.1) is 19.8 Å². The van der Waals surface area contributed by atoms with E-state index in [1.54, 1.807) is 69.3 Å². The summed E-state index contributed by atoms with van der Waals surface area (Å²) in [6.45, 7) is 4.48. The van der Waals surface area contributed by atoms with Crippen molar-refractivity contribution in [2.45, 2.75) is 55.0 Å². The molecule has 0 aliphatic carbocycles. The fourth-order valence-electron chi connectivity index (χ4n) is 5.70. The Morgan fingerprint density at radius 3 is 1.73 bits per heavy atom. The lowest BCUT2D eigenvalue weighted by Crippen LogP contribution is -2.55. The zero-order chi connectivity index (χ0) is 26.4. The van der Waals surface area contributed by atoms with Gasteiger partial charge in [0, 0.05) is 30.2 Å². The Bertz CT molecular complexity index is 1470. The van der Waals surface area contributed by atoms with Crippen molar-refractivity contribution in [1.29, 1.82) is 0 Å². The second-order valence-corrected chi connectivity index (χ2v) is 14.3. The summed E-state index contributed by atoms with van der Waals surface area (Å²) in [5.41, 5.74) is 2.96. The predicted molar refractivity (Wildman–Crippen MR) is 146 cm³/mol. The van der Waals surface area contributed by atoms with Crippen molar-refractivity contribution in [1.82, 2.24) is 8.61 Å². The lowest BCUT2D eigenvalue weighted by molar-refractivity contribution is 0.138. The number of aryl methyl sites for hydroxylation is 2. The molecule has 6 nitrogen and oxygen atoms in total. The fourth-order valence-corrected chi connectivity index (χ4v) is 9.22. The fraction of sp³-hybridized carbons (Fsp3) is 0.357. The third-order valence-corrected chi connectivity index (χ3v) is 11.8. The lowest BCUT2D eigenvalue weighted by Gasteiger charge is -2.43. The molecule has 0 N–H and O–H groups in total. The Hall–Kier alpha value is -2.23. The van der Waals surface area contributed by atoms with E-state index < -0.39 is 20.0 Å². The predicted octanol–water partition coefficient (Wildman–Crippen LogP) is 5.04. The average Bonchev–Trinajstić information content (AvgIpc) is 3.32. The van der Waals surface area contributed by atoms with Crippen LogP contribution in [0.25, 0.3) is 0 Å². The maximum Gasteiger partial charge on any atom is 0.243 e. The topological polar surface area (TPSA) is 74.8 Å². The van der Waals surface area contributed by atoms with E-state index in [9.17, 15) is 16.8 Å². The summed E-state index contributed by atoms with van der Waals surface area (Å²) >= 11 is 6.10. The van der Waals surface area contributed by atoms with Crippen LogP contribution in [-0.2, 0) is 26.5 Å². The van der Waals surface area contributed by atoms with Gasteiger partial charge in [0.25, 0.3) is 0 Å². The van der Waals surface area contributed by atoms with E-state index in [0.717, 1.165) is 16.7 Å². The standard InChI is InChI=1S/C28H31ClN2O4S2/c1-20-3-11-24(12-4-20)36(32,33)30-17-15-26-27(30)16-18-31(28(26)19-22-7-9-23(29)10-8-22)37(34,35)25-13-5-21(2)6-14-25/h3-14,26-28H,15-19H2,1-2H3/t26-,27+,28-/m1/s1. The molecule has 0 spiro atoms. The van der Waals surface area contributed by atoms with E-state index in [1.807, 2.05) is 26.0 Å². The largest absolute Gasteiger partial charge is 0.243 e. The van der Waals surface area contributed by atoms with Crippen LogP contribution in [0.2, 0.25) is 5.02 Å². The highest BCUT2D eigenvalue weighted by molar-refractivity contribution is 7.89. The maximum absolute atomic E-state index is 13.8. The van der Waals surface area contributed by atoms with Gasteiger partial charge in [0.2, 0.25) is 20.0 Å². The number of piperidine rings is 1. The van der Waals surface area contributed by atoms with Gasteiger partial charge in [0.15, 0.2) is 0 Å². The van der Waals surface area contributed by atoms with Gasteiger partial charge in [-0.05, 0) is 81.0 Å². The molecule has 2 heterocycles. The van der Waals surface area contributed by atoms with Gasteiger partial charge in [-0.2, -0.15) is 8.61 Å². The maximum atomic E-state index is 13.8. The van der Waals surface area contributed by atoms with Crippen LogP contribution in [0.4, 0.5) is 0 Å². The summed E-state index contributed by atoms with van der Waals surface area (Å²) in [6.07, 6.45) is 1.55. The quantitative estimate of drug-likeness (QED) is 0.425.